The highest BCUT2D eigenvalue weighted by Crippen LogP contribution is 2.33. The lowest BCUT2D eigenvalue weighted by molar-refractivity contribution is -0.384. The van der Waals surface area contributed by atoms with E-state index >= 15 is 0 Å². The molecule has 0 aromatic heterocycles. The normalized spacial score (nSPS) is 17.6. The molecule has 0 aliphatic carbocycles. The lowest BCUT2D eigenvalue weighted by Crippen LogP contribution is -2.46. The molecule has 2 aromatic rings. The van der Waals surface area contributed by atoms with Crippen LogP contribution in [-0.2, 0) is 16.6 Å². The van der Waals surface area contributed by atoms with Gasteiger partial charge in [-0.25, -0.2) is 8.42 Å². The number of benzene rings is 2. The van der Waals surface area contributed by atoms with Crippen molar-refractivity contribution in [2.75, 3.05) is 58.4 Å². The fourth-order valence-corrected chi connectivity index (χ4v) is 6.08. The number of methoxy groups -OCH3 is 2. The summed E-state index contributed by atoms with van der Waals surface area (Å²) in [6, 6.07) is 10.1. The maximum absolute atomic E-state index is 12.9. The third-order valence-electron chi connectivity index (χ3n) is 6.41. The zero-order valence-corrected chi connectivity index (χ0v) is 20.3. The van der Waals surface area contributed by atoms with Crippen LogP contribution < -0.4 is 14.4 Å². The van der Waals surface area contributed by atoms with Crippen LogP contribution in [-0.4, -0.2) is 76.0 Å². The average molecular weight is 491 g/mol. The molecule has 0 spiro atoms. The predicted molar refractivity (Wildman–Crippen MR) is 128 cm³/mol. The van der Waals surface area contributed by atoms with Crippen LogP contribution in [0.25, 0.3) is 0 Å². The first-order valence-electron chi connectivity index (χ1n) is 11.3. The number of hydrogen-bond donors (Lipinski definition) is 0. The van der Waals surface area contributed by atoms with Gasteiger partial charge in [-0.05, 0) is 42.7 Å². The molecule has 10 nitrogen and oxygen atoms in total. The quantitative estimate of drug-likeness (QED) is 0.411. The van der Waals surface area contributed by atoms with Crippen molar-refractivity contribution in [3.8, 4) is 11.5 Å². The van der Waals surface area contributed by atoms with E-state index in [-0.39, 0.29) is 10.6 Å². The molecule has 0 saturated carbocycles. The summed E-state index contributed by atoms with van der Waals surface area (Å²) in [6.07, 6.45) is 1.62. The van der Waals surface area contributed by atoms with Crippen LogP contribution in [0.1, 0.15) is 18.4 Å². The fraction of sp³-hybridized carbons (Fsp3) is 0.478. The van der Waals surface area contributed by atoms with Crippen LogP contribution in [0.3, 0.4) is 0 Å². The molecule has 0 N–H and O–H groups in total. The fourth-order valence-electron chi connectivity index (χ4n) is 4.54. The van der Waals surface area contributed by atoms with Crippen LogP contribution in [0.4, 0.5) is 11.4 Å². The summed E-state index contributed by atoms with van der Waals surface area (Å²) in [7, 11) is -0.506. The molecular weight excluding hydrogens is 460 g/mol. The SMILES string of the molecule is COc1ccc(CN2CCN(c3ccc(S(=O)(=O)N4CCCC4)cc3[N+](=O)[O-])CC2)cc1OC. The van der Waals surface area contributed by atoms with Crippen molar-refractivity contribution in [3.05, 3.63) is 52.1 Å². The van der Waals surface area contributed by atoms with Crippen LogP contribution in [0, 0.1) is 10.1 Å². The highest BCUT2D eigenvalue weighted by Gasteiger charge is 2.31. The minimum Gasteiger partial charge on any atom is -0.493 e. The number of nitro benzene ring substituents is 1. The standard InChI is InChI=1S/C23H30N4O6S/c1-32-22-8-5-18(15-23(22)33-2)17-24-11-13-25(14-12-24)20-7-6-19(16-21(20)27(28)29)34(30,31)26-9-3-4-10-26/h5-8,15-16H,3-4,9-14,17H2,1-2H3. The summed E-state index contributed by atoms with van der Waals surface area (Å²) in [5, 5.41) is 11.8. The lowest BCUT2D eigenvalue weighted by atomic mass is 10.1. The Morgan fingerprint density at radius 3 is 2.21 bits per heavy atom. The molecular formula is C23H30N4O6S. The zero-order chi connectivity index (χ0) is 24.3. The predicted octanol–water partition coefficient (Wildman–Crippen LogP) is 2.72. The van der Waals surface area contributed by atoms with Crippen molar-refractivity contribution in [1.82, 2.24) is 9.21 Å². The van der Waals surface area contributed by atoms with E-state index in [4.69, 9.17) is 9.47 Å². The van der Waals surface area contributed by atoms with E-state index in [0.717, 1.165) is 38.0 Å². The van der Waals surface area contributed by atoms with Gasteiger partial charge in [-0.15, -0.1) is 0 Å². The Kier molecular flexibility index (Phi) is 7.24. The molecule has 34 heavy (non-hydrogen) atoms. The molecule has 2 fully saturated rings. The van der Waals surface area contributed by atoms with Gasteiger partial charge in [0.15, 0.2) is 11.5 Å². The molecule has 4 rings (SSSR count). The molecule has 0 amide bonds. The molecule has 2 saturated heterocycles. The van der Waals surface area contributed by atoms with Crippen molar-refractivity contribution in [3.63, 3.8) is 0 Å². The molecule has 0 atom stereocenters. The third-order valence-corrected chi connectivity index (χ3v) is 8.31. The van der Waals surface area contributed by atoms with E-state index in [9.17, 15) is 18.5 Å². The number of rotatable bonds is 8. The van der Waals surface area contributed by atoms with Crippen LogP contribution in [0.15, 0.2) is 41.3 Å². The zero-order valence-electron chi connectivity index (χ0n) is 19.5. The average Bonchev–Trinajstić information content (AvgIpc) is 3.40. The van der Waals surface area contributed by atoms with Crippen molar-refractivity contribution >= 4 is 21.4 Å². The van der Waals surface area contributed by atoms with Gasteiger partial charge in [-0.2, -0.15) is 4.31 Å². The van der Waals surface area contributed by atoms with E-state index in [1.165, 1.54) is 16.4 Å². The van der Waals surface area contributed by atoms with Gasteiger partial charge >= 0.3 is 0 Å². The number of nitrogens with zero attached hydrogens (tertiary/aromatic N) is 4. The van der Waals surface area contributed by atoms with E-state index in [1.54, 1.807) is 20.3 Å². The molecule has 2 heterocycles. The molecule has 2 aromatic carbocycles. The van der Waals surface area contributed by atoms with E-state index in [1.807, 2.05) is 23.1 Å². The van der Waals surface area contributed by atoms with Crippen molar-refractivity contribution in [2.24, 2.45) is 0 Å². The maximum atomic E-state index is 12.9. The molecule has 0 radical (unpaired) electrons. The highest BCUT2D eigenvalue weighted by molar-refractivity contribution is 7.89. The Morgan fingerprint density at radius 2 is 1.59 bits per heavy atom. The second-order valence-corrected chi connectivity index (χ2v) is 10.4. The molecule has 0 unspecified atom stereocenters. The Labute approximate surface area is 199 Å². The Hall–Kier alpha value is -2.89. The number of anilines is 1. The monoisotopic (exact) mass is 490 g/mol. The van der Waals surface area contributed by atoms with Crippen LogP contribution in [0.2, 0.25) is 0 Å². The highest BCUT2D eigenvalue weighted by atomic mass is 32.2. The Balaban J connectivity index is 1.46. The van der Waals surface area contributed by atoms with Gasteiger partial charge in [-0.1, -0.05) is 6.07 Å². The summed E-state index contributed by atoms with van der Waals surface area (Å²) >= 11 is 0. The van der Waals surface area contributed by atoms with Crippen molar-refractivity contribution < 1.29 is 22.8 Å². The van der Waals surface area contributed by atoms with Crippen LogP contribution >= 0.6 is 0 Å². The lowest BCUT2D eigenvalue weighted by Gasteiger charge is -2.36. The molecule has 0 bridgehead atoms. The van der Waals surface area contributed by atoms with Gasteiger partial charge < -0.3 is 14.4 Å². The second-order valence-electron chi connectivity index (χ2n) is 8.47. The Bertz CT molecular complexity index is 1140. The van der Waals surface area contributed by atoms with Crippen molar-refractivity contribution in [1.29, 1.82) is 0 Å². The summed E-state index contributed by atoms with van der Waals surface area (Å²) in [6.45, 7) is 4.29. The largest absolute Gasteiger partial charge is 0.493 e. The Morgan fingerprint density at radius 1 is 0.912 bits per heavy atom. The summed E-state index contributed by atoms with van der Waals surface area (Å²) < 4.78 is 37.8. The van der Waals surface area contributed by atoms with E-state index in [0.29, 0.717) is 43.4 Å². The van der Waals surface area contributed by atoms with Gasteiger partial charge in [0.1, 0.15) is 5.69 Å². The van der Waals surface area contributed by atoms with Crippen LogP contribution in [0.5, 0.6) is 11.5 Å². The molecule has 184 valence electrons. The van der Waals surface area contributed by atoms with Gasteiger partial charge in [0.05, 0.1) is 24.0 Å². The number of hydrogen-bond acceptors (Lipinski definition) is 8. The number of sulfonamides is 1. The first kappa shape index (κ1) is 24.2. The smallest absolute Gasteiger partial charge is 0.293 e. The summed E-state index contributed by atoms with van der Waals surface area (Å²) in [5.74, 6) is 1.36. The first-order valence-corrected chi connectivity index (χ1v) is 12.7. The number of ether oxygens (including phenoxy) is 2. The minimum absolute atomic E-state index is 0.0167. The van der Waals surface area contributed by atoms with Gasteiger partial charge in [0, 0.05) is 51.9 Å². The third kappa shape index (κ3) is 4.96. The maximum Gasteiger partial charge on any atom is 0.293 e. The van der Waals surface area contributed by atoms with Gasteiger partial charge in [0.2, 0.25) is 10.0 Å². The van der Waals surface area contributed by atoms with E-state index < -0.39 is 14.9 Å². The summed E-state index contributed by atoms with van der Waals surface area (Å²) in [4.78, 5) is 15.5. The molecule has 11 heteroatoms. The topological polar surface area (TPSA) is 105 Å². The molecule has 2 aliphatic rings. The first-order chi connectivity index (χ1) is 16.3. The van der Waals surface area contributed by atoms with Gasteiger partial charge in [0.25, 0.3) is 5.69 Å². The van der Waals surface area contributed by atoms with Crippen molar-refractivity contribution in [2.45, 2.75) is 24.3 Å². The van der Waals surface area contributed by atoms with Gasteiger partial charge in [-0.3, -0.25) is 15.0 Å². The second kappa shape index (κ2) is 10.2. The minimum atomic E-state index is -3.71. The number of piperazine rings is 1. The van der Waals surface area contributed by atoms with E-state index in [2.05, 4.69) is 4.90 Å². The number of nitro groups is 1. The summed E-state index contributed by atoms with van der Waals surface area (Å²) in [5.41, 5.74) is 1.37. The molecule has 2 aliphatic heterocycles.